The maximum Gasteiger partial charge on any atom is 0.393 e. The van der Waals surface area contributed by atoms with Gasteiger partial charge < -0.3 is 15.1 Å². The number of pyridine rings is 2. The van der Waals surface area contributed by atoms with Crippen molar-refractivity contribution in [1.82, 2.24) is 9.97 Å². The van der Waals surface area contributed by atoms with Crippen LogP contribution in [0.2, 0.25) is 0 Å². The molecular weight excluding hydrogens is 428 g/mol. The molecule has 1 N–H and O–H groups in total. The average Bonchev–Trinajstić information content (AvgIpc) is 3.33. The first-order valence-corrected chi connectivity index (χ1v) is 10.6. The quantitative estimate of drug-likeness (QED) is 0.689. The second kappa shape index (κ2) is 7.79. The zero-order valence-corrected chi connectivity index (χ0v) is 17.1. The molecule has 2 atom stereocenters. The van der Waals surface area contributed by atoms with E-state index >= 15 is 0 Å². The van der Waals surface area contributed by atoms with E-state index in [0.29, 0.717) is 24.6 Å². The molecule has 0 saturated carbocycles. The highest BCUT2D eigenvalue weighted by Gasteiger charge is 2.45. The number of nitrogens with zero attached hydrogens (tertiary/aromatic N) is 5. The SMILES string of the molecule is O=C(Nc1cncc(F)c1)N1c2nc(N3CCCC(C(F)(F)F)C3)ccc2N2CCC[C@H]21. The number of urea groups is 1. The molecule has 0 aliphatic carbocycles. The molecule has 0 spiro atoms. The van der Waals surface area contributed by atoms with Gasteiger partial charge in [0.15, 0.2) is 5.82 Å². The monoisotopic (exact) mass is 450 g/mol. The van der Waals surface area contributed by atoms with Crippen molar-refractivity contribution in [3.63, 3.8) is 0 Å². The number of amides is 2. The summed E-state index contributed by atoms with van der Waals surface area (Å²) in [5, 5.41) is 2.66. The minimum Gasteiger partial charge on any atom is -0.356 e. The van der Waals surface area contributed by atoms with Gasteiger partial charge in [0.2, 0.25) is 0 Å². The van der Waals surface area contributed by atoms with Crippen LogP contribution in [0.25, 0.3) is 0 Å². The number of halogens is 4. The van der Waals surface area contributed by atoms with E-state index in [0.717, 1.165) is 31.3 Å². The number of nitrogens with one attached hydrogen (secondary N) is 1. The topological polar surface area (TPSA) is 64.6 Å². The third kappa shape index (κ3) is 3.69. The molecule has 32 heavy (non-hydrogen) atoms. The van der Waals surface area contributed by atoms with E-state index in [2.05, 4.69) is 20.2 Å². The van der Waals surface area contributed by atoms with Crippen molar-refractivity contribution in [2.45, 2.75) is 38.0 Å². The Hall–Kier alpha value is -3.11. The van der Waals surface area contributed by atoms with Crippen molar-refractivity contribution >= 4 is 29.0 Å². The summed E-state index contributed by atoms with van der Waals surface area (Å²) in [6, 6.07) is 4.24. The molecule has 2 fully saturated rings. The number of carbonyl (C=O) groups excluding carboxylic acids is 1. The van der Waals surface area contributed by atoms with Gasteiger partial charge in [-0.05, 0) is 37.8 Å². The summed E-state index contributed by atoms with van der Waals surface area (Å²) in [5.41, 5.74) is 0.987. The van der Waals surface area contributed by atoms with Crippen LogP contribution < -0.4 is 20.0 Å². The van der Waals surface area contributed by atoms with Crippen molar-refractivity contribution < 1.29 is 22.4 Å². The van der Waals surface area contributed by atoms with Crippen molar-refractivity contribution in [3.8, 4) is 0 Å². The van der Waals surface area contributed by atoms with Gasteiger partial charge in [0.05, 0.1) is 29.7 Å². The largest absolute Gasteiger partial charge is 0.393 e. The van der Waals surface area contributed by atoms with Crippen LogP contribution in [-0.4, -0.2) is 48.0 Å². The average molecular weight is 450 g/mol. The number of aromatic nitrogens is 2. The fourth-order valence-corrected chi connectivity index (χ4v) is 4.80. The summed E-state index contributed by atoms with van der Waals surface area (Å²) in [6.07, 6.45) is 0.0729. The minimum atomic E-state index is -4.25. The van der Waals surface area contributed by atoms with E-state index in [9.17, 15) is 22.4 Å². The van der Waals surface area contributed by atoms with Crippen LogP contribution >= 0.6 is 0 Å². The molecule has 11 heteroatoms. The Morgan fingerprint density at radius 2 is 1.94 bits per heavy atom. The van der Waals surface area contributed by atoms with Gasteiger partial charge in [-0.15, -0.1) is 0 Å². The number of fused-ring (bicyclic) bond motifs is 3. The van der Waals surface area contributed by atoms with Crippen LogP contribution in [0, 0.1) is 11.7 Å². The maximum absolute atomic E-state index is 13.5. The van der Waals surface area contributed by atoms with E-state index in [1.807, 2.05) is 6.07 Å². The van der Waals surface area contributed by atoms with Gasteiger partial charge in [-0.3, -0.25) is 9.88 Å². The molecule has 2 aromatic heterocycles. The van der Waals surface area contributed by atoms with Crippen LogP contribution in [0.1, 0.15) is 25.7 Å². The van der Waals surface area contributed by atoms with Crippen LogP contribution in [0.4, 0.5) is 45.4 Å². The number of rotatable bonds is 2. The summed E-state index contributed by atoms with van der Waals surface area (Å²) in [6.45, 7) is 1.08. The molecule has 2 saturated heterocycles. The Morgan fingerprint density at radius 1 is 1.12 bits per heavy atom. The number of carbonyl (C=O) groups is 1. The standard InChI is InChI=1S/C21H22F4N6O/c22-14-9-15(11-26-10-14)27-20(32)31-18-4-2-8-30(18)16-5-6-17(28-19(16)31)29-7-1-3-13(12-29)21(23,24)25/h5-6,9-11,13,18H,1-4,7-8,12H2,(H,27,32)/t13?,18-/m1/s1. The molecule has 0 radical (unpaired) electrons. The summed E-state index contributed by atoms with van der Waals surface area (Å²) in [5.74, 6) is -1.14. The third-order valence-corrected chi connectivity index (χ3v) is 6.28. The van der Waals surface area contributed by atoms with Gasteiger partial charge in [-0.25, -0.2) is 14.2 Å². The smallest absolute Gasteiger partial charge is 0.356 e. The first-order chi connectivity index (χ1) is 15.3. The van der Waals surface area contributed by atoms with Gasteiger partial charge in [0.1, 0.15) is 17.8 Å². The Bertz CT molecular complexity index is 1030. The molecule has 2 amide bonds. The zero-order chi connectivity index (χ0) is 22.5. The van der Waals surface area contributed by atoms with Crippen LogP contribution in [0.5, 0.6) is 0 Å². The van der Waals surface area contributed by atoms with Gasteiger partial charge in [-0.2, -0.15) is 13.2 Å². The first kappa shape index (κ1) is 20.8. The fraction of sp³-hybridized carbons (Fsp3) is 0.476. The summed E-state index contributed by atoms with van der Waals surface area (Å²) >= 11 is 0. The van der Waals surface area contributed by atoms with E-state index in [4.69, 9.17) is 0 Å². The predicted molar refractivity (Wildman–Crippen MR) is 111 cm³/mol. The number of anilines is 4. The van der Waals surface area contributed by atoms with Crippen molar-refractivity contribution in [3.05, 3.63) is 36.4 Å². The third-order valence-electron chi connectivity index (χ3n) is 6.28. The van der Waals surface area contributed by atoms with Crippen molar-refractivity contribution in [1.29, 1.82) is 0 Å². The highest BCUT2D eigenvalue weighted by molar-refractivity contribution is 6.05. The van der Waals surface area contributed by atoms with Crippen LogP contribution in [0.3, 0.4) is 0 Å². The second-order valence-corrected chi connectivity index (χ2v) is 8.35. The Morgan fingerprint density at radius 3 is 2.72 bits per heavy atom. The molecule has 1 unspecified atom stereocenters. The van der Waals surface area contributed by atoms with Gasteiger partial charge in [0.25, 0.3) is 0 Å². The normalized spacial score (nSPS) is 22.7. The molecule has 170 valence electrons. The van der Waals surface area contributed by atoms with Crippen molar-refractivity contribution in [2.75, 3.05) is 39.7 Å². The molecule has 2 aromatic rings. The lowest BCUT2D eigenvalue weighted by Gasteiger charge is -2.34. The molecule has 3 aliphatic heterocycles. The molecular formula is C21H22F4N6O. The fourth-order valence-electron chi connectivity index (χ4n) is 4.80. The van der Waals surface area contributed by atoms with E-state index < -0.39 is 23.9 Å². The van der Waals surface area contributed by atoms with E-state index in [-0.39, 0.29) is 24.8 Å². The molecule has 0 aromatic carbocycles. The van der Waals surface area contributed by atoms with Crippen LogP contribution in [-0.2, 0) is 0 Å². The first-order valence-electron chi connectivity index (χ1n) is 10.6. The lowest BCUT2D eigenvalue weighted by Crippen LogP contribution is -2.45. The molecule has 7 nitrogen and oxygen atoms in total. The molecule has 3 aliphatic rings. The number of hydrogen-bond donors (Lipinski definition) is 1. The van der Waals surface area contributed by atoms with Gasteiger partial charge in [-0.1, -0.05) is 0 Å². The second-order valence-electron chi connectivity index (χ2n) is 8.35. The number of piperidine rings is 1. The maximum atomic E-state index is 13.5. The lowest BCUT2D eigenvalue weighted by molar-refractivity contribution is -0.176. The Balaban J connectivity index is 1.44. The Kier molecular flexibility index (Phi) is 5.06. The van der Waals surface area contributed by atoms with Crippen LogP contribution in [0.15, 0.2) is 30.6 Å². The van der Waals surface area contributed by atoms with E-state index in [1.165, 1.54) is 17.2 Å². The number of alkyl halides is 3. The lowest BCUT2D eigenvalue weighted by atomic mass is 9.97. The summed E-state index contributed by atoms with van der Waals surface area (Å²) in [4.78, 5) is 26.7. The highest BCUT2D eigenvalue weighted by atomic mass is 19.4. The zero-order valence-electron chi connectivity index (χ0n) is 17.1. The predicted octanol–water partition coefficient (Wildman–Crippen LogP) is 4.37. The number of hydrogen-bond acceptors (Lipinski definition) is 5. The van der Waals surface area contributed by atoms with Gasteiger partial charge in [0, 0.05) is 25.7 Å². The van der Waals surface area contributed by atoms with Gasteiger partial charge >= 0.3 is 12.2 Å². The minimum absolute atomic E-state index is 0.108. The molecule has 5 rings (SSSR count). The molecule has 0 bridgehead atoms. The summed E-state index contributed by atoms with van der Waals surface area (Å²) < 4.78 is 53.3. The highest BCUT2D eigenvalue weighted by Crippen LogP contribution is 2.44. The Labute approximate surface area is 182 Å². The molecule has 5 heterocycles. The van der Waals surface area contributed by atoms with E-state index in [1.54, 1.807) is 11.0 Å². The summed E-state index contributed by atoms with van der Waals surface area (Å²) in [7, 11) is 0. The van der Waals surface area contributed by atoms with Crippen molar-refractivity contribution in [2.24, 2.45) is 5.92 Å².